The summed E-state index contributed by atoms with van der Waals surface area (Å²) in [6, 6.07) is 6.73. The van der Waals surface area contributed by atoms with E-state index in [-0.39, 0.29) is 35.5 Å². The Labute approximate surface area is 244 Å². The third kappa shape index (κ3) is 6.24. The number of ether oxygens (including phenoxy) is 1. The van der Waals surface area contributed by atoms with Crippen LogP contribution in [0.5, 0.6) is 5.75 Å². The third-order valence-corrected chi connectivity index (χ3v) is 10.8. The molecule has 7 heteroatoms. The second-order valence-corrected chi connectivity index (χ2v) is 13.3. The van der Waals surface area contributed by atoms with Crippen LogP contribution in [0.1, 0.15) is 107 Å². The Morgan fingerprint density at radius 1 is 1.05 bits per heavy atom. The van der Waals surface area contributed by atoms with Crippen LogP contribution in [0.2, 0.25) is 0 Å². The molecule has 2 heterocycles. The molecule has 0 saturated heterocycles. The van der Waals surface area contributed by atoms with Gasteiger partial charge in [-0.3, -0.25) is 4.79 Å². The number of aryl methyl sites for hydroxylation is 2. The SMILES string of the molecule is CCC1CCCCC(c2ccc3cc2OCCCC2CC4CC2C(Nc2nc(ncc2F)CCC3)C4C(N)=O)CC1. The number of nitrogens with two attached hydrogens (primary N) is 1. The van der Waals surface area contributed by atoms with Crippen molar-refractivity contribution in [2.45, 2.75) is 109 Å². The Hall–Kier alpha value is -2.70. The largest absolute Gasteiger partial charge is 0.493 e. The van der Waals surface area contributed by atoms with E-state index in [4.69, 9.17) is 10.5 Å². The maximum absolute atomic E-state index is 14.8. The number of nitrogens with zero attached hydrogens (tertiary/aromatic N) is 2. The molecule has 1 amide bonds. The van der Waals surface area contributed by atoms with Gasteiger partial charge in [-0.05, 0) is 105 Å². The minimum atomic E-state index is -0.470. The summed E-state index contributed by atoms with van der Waals surface area (Å²) in [5.41, 5.74) is 8.53. The highest BCUT2D eigenvalue weighted by atomic mass is 19.1. The standard InChI is InChI=1S/C34H47FN4O2/c1-2-21-7-3-4-9-23(14-12-21)26-15-13-22-8-5-11-30-37-20-28(35)34(38-30)39-32-27-19-25(31(32)33(36)40)18-24(27)10-6-16-41-29(26)17-22/h13,15,17,20-21,23-25,27,31-32H,2-12,14,16,18-19H2,1H3,(H2,36,40)(H,37,38,39). The molecule has 6 nitrogen and oxygen atoms in total. The number of fused-ring (bicyclic) bond motifs is 5. The number of hydrogen-bond acceptors (Lipinski definition) is 5. The van der Waals surface area contributed by atoms with Crippen molar-refractivity contribution in [2.75, 3.05) is 11.9 Å². The highest BCUT2D eigenvalue weighted by Gasteiger charge is 2.54. The van der Waals surface area contributed by atoms with E-state index in [2.05, 4.69) is 40.4 Å². The summed E-state index contributed by atoms with van der Waals surface area (Å²) in [5.74, 6) is 3.30. The van der Waals surface area contributed by atoms with Gasteiger partial charge in [0.25, 0.3) is 0 Å². The quantitative estimate of drug-likeness (QED) is 0.422. The van der Waals surface area contributed by atoms with Gasteiger partial charge in [0.1, 0.15) is 11.6 Å². The lowest BCUT2D eigenvalue weighted by Gasteiger charge is -2.35. The summed E-state index contributed by atoms with van der Waals surface area (Å²) in [6.07, 6.45) is 16.8. The lowest BCUT2D eigenvalue weighted by Crippen LogP contribution is -2.45. The van der Waals surface area contributed by atoms with Crippen LogP contribution in [0.15, 0.2) is 24.4 Å². The number of halogens is 1. The monoisotopic (exact) mass is 562 g/mol. The fourth-order valence-corrected chi connectivity index (χ4v) is 8.66. The van der Waals surface area contributed by atoms with Gasteiger partial charge in [0.05, 0.1) is 18.7 Å². The molecule has 3 N–H and O–H groups in total. The molecule has 1 aromatic carbocycles. The van der Waals surface area contributed by atoms with Gasteiger partial charge in [0.15, 0.2) is 11.6 Å². The number of primary amides is 1. The van der Waals surface area contributed by atoms with Crippen LogP contribution in [0.4, 0.5) is 10.2 Å². The van der Waals surface area contributed by atoms with Gasteiger partial charge in [0.2, 0.25) is 5.91 Å². The summed E-state index contributed by atoms with van der Waals surface area (Å²) in [4.78, 5) is 21.3. The van der Waals surface area contributed by atoms with Crippen molar-refractivity contribution >= 4 is 11.7 Å². The second kappa shape index (κ2) is 12.7. The summed E-state index contributed by atoms with van der Waals surface area (Å²) in [5, 5.41) is 3.34. The predicted molar refractivity (Wildman–Crippen MR) is 159 cm³/mol. The highest BCUT2D eigenvalue weighted by Crippen LogP contribution is 2.54. The summed E-state index contributed by atoms with van der Waals surface area (Å²) < 4.78 is 21.5. The first-order chi connectivity index (χ1) is 20.0. The fourth-order valence-electron chi connectivity index (χ4n) is 8.66. The van der Waals surface area contributed by atoms with Gasteiger partial charge in [-0.2, -0.15) is 0 Å². The molecule has 2 aromatic rings. The Balaban J connectivity index is 1.25. The van der Waals surface area contributed by atoms with Gasteiger partial charge in [-0.1, -0.05) is 44.7 Å². The molecule has 222 valence electrons. The number of rotatable bonds is 3. The Kier molecular flexibility index (Phi) is 8.78. The number of aromatic nitrogens is 2. The van der Waals surface area contributed by atoms with Gasteiger partial charge in [-0.15, -0.1) is 0 Å². The van der Waals surface area contributed by atoms with Gasteiger partial charge < -0.3 is 15.8 Å². The number of carbonyl (C=O) groups is 1. The minimum Gasteiger partial charge on any atom is -0.493 e. The van der Waals surface area contributed by atoms with Gasteiger partial charge in [0, 0.05) is 12.5 Å². The topological polar surface area (TPSA) is 90.1 Å². The van der Waals surface area contributed by atoms with Crippen LogP contribution in [0.25, 0.3) is 0 Å². The Morgan fingerprint density at radius 2 is 1.93 bits per heavy atom. The molecule has 3 fully saturated rings. The average molecular weight is 563 g/mol. The summed E-state index contributed by atoms with van der Waals surface area (Å²) in [7, 11) is 0. The highest BCUT2D eigenvalue weighted by molar-refractivity contribution is 5.79. The molecule has 6 bridgehead atoms. The molecular formula is C34H47FN4O2. The van der Waals surface area contributed by atoms with Crippen LogP contribution >= 0.6 is 0 Å². The van der Waals surface area contributed by atoms with Crippen LogP contribution in [-0.4, -0.2) is 28.5 Å². The van der Waals surface area contributed by atoms with Crippen molar-refractivity contribution in [3.8, 4) is 5.75 Å². The maximum atomic E-state index is 14.8. The lowest BCUT2D eigenvalue weighted by molar-refractivity contribution is -0.123. The normalized spacial score (nSPS) is 32.2. The molecule has 0 spiro atoms. The molecule has 6 rings (SSSR count). The van der Waals surface area contributed by atoms with Crippen LogP contribution in [-0.2, 0) is 17.6 Å². The predicted octanol–water partition coefficient (Wildman–Crippen LogP) is 6.97. The van der Waals surface area contributed by atoms with E-state index in [9.17, 15) is 9.18 Å². The second-order valence-electron chi connectivity index (χ2n) is 13.3. The number of amides is 1. The summed E-state index contributed by atoms with van der Waals surface area (Å²) >= 11 is 0. The van der Waals surface area contributed by atoms with Crippen LogP contribution in [0.3, 0.4) is 0 Å². The first-order valence-electron chi connectivity index (χ1n) is 16.3. The smallest absolute Gasteiger partial charge is 0.222 e. The number of hydrogen-bond donors (Lipinski definition) is 2. The number of nitrogens with one attached hydrogen (secondary N) is 1. The van der Waals surface area contributed by atoms with Crippen molar-refractivity contribution < 1.29 is 13.9 Å². The zero-order valence-corrected chi connectivity index (χ0v) is 24.6. The lowest BCUT2D eigenvalue weighted by atomic mass is 9.76. The van der Waals surface area contributed by atoms with Crippen molar-refractivity contribution in [3.63, 3.8) is 0 Å². The van der Waals surface area contributed by atoms with Crippen molar-refractivity contribution in [1.29, 1.82) is 0 Å². The van der Waals surface area contributed by atoms with E-state index in [1.54, 1.807) is 0 Å². The van der Waals surface area contributed by atoms with Gasteiger partial charge in [-0.25, -0.2) is 14.4 Å². The van der Waals surface area contributed by atoms with E-state index in [1.807, 2.05) is 0 Å². The number of anilines is 1. The summed E-state index contributed by atoms with van der Waals surface area (Å²) in [6.45, 7) is 3.04. The van der Waals surface area contributed by atoms with Crippen LogP contribution < -0.4 is 15.8 Å². The molecule has 7 unspecified atom stereocenters. The zero-order chi connectivity index (χ0) is 28.3. The molecular weight excluding hydrogens is 515 g/mol. The van der Waals surface area contributed by atoms with Crippen molar-refractivity contribution in [1.82, 2.24) is 9.97 Å². The molecule has 41 heavy (non-hydrogen) atoms. The van der Waals surface area contributed by atoms with E-state index in [1.165, 1.54) is 62.3 Å². The Bertz CT molecular complexity index is 1220. The van der Waals surface area contributed by atoms with E-state index < -0.39 is 5.82 Å². The molecule has 3 aliphatic carbocycles. The van der Waals surface area contributed by atoms with Crippen molar-refractivity contribution in [3.05, 3.63) is 47.2 Å². The third-order valence-electron chi connectivity index (χ3n) is 10.8. The van der Waals surface area contributed by atoms with E-state index in [0.717, 1.165) is 50.2 Å². The molecule has 0 radical (unpaired) electrons. The van der Waals surface area contributed by atoms with E-state index >= 15 is 0 Å². The number of carbonyl (C=O) groups excluding carboxylic acids is 1. The first kappa shape index (κ1) is 28.4. The first-order valence-corrected chi connectivity index (χ1v) is 16.3. The molecule has 7 atom stereocenters. The molecule has 1 aliphatic heterocycles. The minimum absolute atomic E-state index is 0.182. The molecule has 3 saturated carbocycles. The molecule has 4 aliphatic rings. The fraction of sp³-hybridized carbons (Fsp3) is 0.676. The molecule has 1 aromatic heterocycles. The van der Waals surface area contributed by atoms with Crippen molar-refractivity contribution in [2.24, 2.45) is 35.3 Å². The Morgan fingerprint density at radius 3 is 2.78 bits per heavy atom. The average Bonchev–Trinajstić information content (AvgIpc) is 3.51. The van der Waals surface area contributed by atoms with Gasteiger partial charge >= 0.3 is 0 Å². The van der Waals surface area contributed by atoms with Crippen LogP contribution in [0, 0.1) is 35.4 Å². The number of benzene rings is 1. The maximum Gasteiger partial charge on any atom is 0.222 e. The van der Waals surface area contributed by atoms with E-state index in [0.29, 0.717) is 30.7 Å². The zero-order valence-electron chi connectivity index (χ0n) is 24.6.